The summed E-state index contributed by atoms with van der Waals surface area (Å²) in [4.78, 5) is 12.4. The van der Waals surface area contributed by atoms with E-state index in [0.717, 1.165) is 28.4 Å². The number of nitrogens with zero attached hydrogens (tertiary/aromatic N) is 5. The average molecular weight is 485 g/mol. The number of halogens is 1. The van der Waals surface area contributed by atoms with Crippen LogP contribution in [0.25, 0.3) is 0 Å². The standard InChI is InChI=1S/C22H21ClN6OS2/c1-2-20-26-27-21(32-20)24-19(30)14-31-22-28-25-18(12-15-6-4-3-5-7-15)29(22)13-16-8-10-17(23)11-9-16/h3-11H,2,12-14H2,1H3,(H,24,27,30). The first kappa shape index (κ1) is 22.4. The molecule has 0 aliphatic rings. The van der Waals surface area contributed by atoms with Gasteiger partial charge in [0.1, 0.15) is 10.8 Å². The van der Waals surface area contributed by atoms with Crippen LogP contribution in [0.5, 0.6) is 0 Å². The van der Waals surface area contributed by atoms with Crippen LogP contribution in [0.1, 0.15) is 28.9 Å². The Hall–Kier alpha value is -2.75. The Morgan fingerprint density at radius 2 is 1.81 bits per heavy atom. The van der Waals surface area contributed by atoms with E-state index in [1.165, 1.54) is 23.1 Å². The lowest BCUT2D eigenvalue weighted by Gasteiger charge is -2.11. The minimum atomic E-state index is -0.153. The van der Waals surface area contributed by atoms with Crippen molar-refractivity contribution in [3.63, 3.8) is 0 Å². The van der Waals surface area contributed by atoms with Crippen molar-refractivity contribution in [1.29, 1.82) is 0 Å². The third-order valence-corrected chi connectivity index (χ3v) is 6.80. The van der Waals surface area contributed by atoms with Gasteiger partial charge in [0, 0.05) is 11.4 Å². The molecule has 2 aromatic heterocycles. The zero-order valence-corrected chi connectivity index (χ0v) is 19.8. The van der Waals surface area contributed by atoms with Crippen LogP contribution >= 0.6 is 34.7 Å². The molecule has 7 nitrogen and oxygen atoms in total. The molecule has 0 saturated carbocycles. The maximum absolute atomic E-state index is 12.4. The SMILES string of the molecule is CCc1nnc(NC(=O)CSc2nnc(Cc3ccccc3)n2Cc2ccc(Cl)cc2)s1. The number of aromatic nitrogens is 5. The number of thioether (sulfide) groups is 1. The molecule has 0 aliphatic heterocycles. The van der Waals surface area contributed by atoms with Crippen molar-refractivity contribution in [2.24, 2.45) is 0 Å². The average Bonchev–Trinajstić information content (AvgIpc) is 3.41. The fraction of sp³-hybridized carbons (Fsp3) is 0.227. The number of rotatable bonds is 9. The zero-order chi connectivity index (χ0) is 22.3. The smallest absolute Gasteiger partial charge is 0.236 e. The van der Waals surface area contributed by atoms with Crippen molar-refractivity contribution >= 4 is 45.7 Å². The molecule has 2 aromatic carbocycles. The highest BCUT2D eigenvalue weighted by Gasteiger charge is 2.16. The quantitative estimate of drug-likeness (QED) is 0.346. The highest BCUT2D eigenvalue weighted by atomic mass is 35.5. The predicted octanol–water partition coefficient (Wildman–Crippen LogP) is 4.72. The molecule has 164 valence electrons. The summed E-state index contributed by atoms with van der Waals surface area (Å²) < 4.78 is 2.05. The molecule has 0 atom stereocenters. The summed E-state index contributed by atoms with van der Waals surface area (Å²) in [6.07, 6.45) is 1.44. The molecule has 0 fully saturated rings. The Balaban J connectivity index is 1.49. The van der Waals surface area contributed by atoms with Crippen molar-refractivity contribution in [2.45, 2.75) is 31.5 Å². The van der Waals surface area contributed by atoms with Crippen LogP contribution in [-0.2, 0) is 24.2 Å². The van der Waals surface area contributed by atoms with Crippen LogP contribution in [0.2, 0.25) is 5.02 Å². The van der Waals surface area contributed by atoms with Crippen LogP contribution in [0.3, 0.4) is 0 Å². The summed E-state index contributed by atoms with van der Waals surface area (Å²) in [5, 5.41) is 22.4. The van der Waals surface area contributed by atoms with Gasteiger partial charge in [-0.15, -0.1) is 20.4 Å². The maximum atomic E-state index is 12.4. The predicted molar refractivity (Wildman–Crippen MR) is 128 cm³/mol. The monoisotopic (exact) mass is 484 g/mol. The Morgan fingerprint density at radius 3 is 2.53 bits per heavy atom. The Bertz CT molecular complexity index is 1180. The third-order valence-electron chi connectivity index (χ3n) is 4.60. The van der Waals surface area contributed by atoms with E-state index in [0.29, 0.717) is 28.3 Å². The van der Waals surface area contributed by atoms with Crippen LogP contribution in [0, 0.1) is 0 Å². The van der Waals surface area contributed by atoms with Crippen LogP contribution in [-0.4, -0.2) is 36.6 Å². The summed E-state index contributed by atoms with van der Waals surface area (Å²) in [7, 11) is 0. The minimum absolute atomic E-state index is 0.153. The minimum Gasteiger partial charge on any atom is -0.301 e. The second-order valence-electron chi connectivity index (χ2n) is 6.97. The van der Waals surface area contributed by atoms with Crippen molar-refractivity contribution in [1.82, 2.24) is 25.0 Å². The number of nitrogens with one attached hydrogen (secondary N) is 1. The number of anilines is 1. The van der Waals surface area contributed by atoms with Gasteiger partial charge in [-0.2, -0.15) is 0 Å². The van der Waals surface area contributed by atoms with Gasteiger partial charge in [0.15, 0.2) is 5.16 Å². The molecule has 0 radical (unpaired) electrons. The van der Waals surface area contributed by atoms with E-state index in [2.05, 4.69) is 37.8 Å². The molecular weight excluding hydrogens is 464 g/mol. The second kappa shape index (κ2) is 10.7. The highest BCUT2D eigenvalue weighted by molar-refractivity contribution is 7.99. The van der Waals surface area contributed by atoms with Crippen molar-refractivity contribution in [3.8, 4) is 0 Å². The van der Waals surface area contributed by atoms with Crippen molar-refractivity contribution in [2.75, 3.05) is 11.1 Å². The van der Waals surface area contributed by atoms with Gasteiger partial charge in [0.2, 0.25) is 11.0 Å². The van der Waals surface area contributed by atoms with E-state index in [9.17, 15) is 4.79 Å². The highest BCUT2D eigenvalue weighted by Crippen LogP contribution is 2.22. The van der Waals surface area contributed by atoms with E-state index in [-0.39, 0.29) is 11.7 Å². The topological polar surface area (TPSA) is 85.6 Å². The molecule has 32 heavy (non-hydrogen) atoms. The first-order chi connectivity index (χ1) is 15.6. The molecule has 0 unspecified atom stereocenters. The molecule has 0 saturated heterocycles. The van der Waals surface area contributed by atoms with Crippen LogP contribution < -0.4 is 5.32 Å². The van der Waals surface area contributed by atoms with Crippen molar-refractivity contribution < 1.29 is 4.79 Å². The number of hydrogen-bond acceptors (Lipinski definition) is 7. The van der Waals surface area contributed by atoms with E-state index in [4.69, 9.17) is 11.6 Å². The van der Waals surface area contributed by atoms with Crippen molar-refractivity contribution in [3.05, 3.63) is 81.6 Å². The van der Waals surface area contributed by atoms with Gasteiger partial charge in [-0.05, 0) is 29.7 Å². The normalized spacial score (nSPS) is 10.9. The summed E-state index contributed by atoms with van der Waals surface area (Å²) >= 11 is 8.77. The van der Waals surface area contributed by atoms with Crippen LogP contribution in [0.4, 0.5) is 5.13 Å². The number of benzene rings is 2. The first-order valence-electron chi connectivity index (χ1n) is 10.1. The van der Waals surface area contributed by atoms with E-state index >= 15 is 0 Å². The molecule has 4 rings (SSSR count). The summed E-state index contributed by atoms with van der Waals surface area (Å²) in [6, 6.07) is 17.8. The van der Waals surface area contributed by atoms with Gasteiger partial charge in [-0.3, -0.25) is 10.1 Å². The molecule has 4 aromatic rings. The fourth-order valence-corrected chi connectivity index (χ4v) is 4.58. The molecular formula is C22H21ClN6OS2. The molecule has 0 bridgehead atoms. The van der Waals surface area contributed by atoms with Gasteiger partial charge in [-0.1, -0.05) is 84.1 Å². The second-order valence-corrected chi connectivity index (χ2v) is 9.41. The molecule has 2 heterocycles. The van der Waals surface area contributed by atoms with Gasteiger partial charge in [0.25, 0.3) is 0 Å². The summed E-state index contributed by atoms with van der Waals surface area (Å²) in [5.41, 5.74) is 2.23. The molecule has 10 heteroatoms. The van der Waals surface area contributed by atoms with Gasteiger partial charge >= 0.3 is 0 Å². The number of carbonyl (C=O) groups is 1. The zero-order valence-electron chi connectivity index (χ0n) is 17.4. The number of hydrogen-bond donors (Lipinski definition) is 1. The summed E-state index contributed by atoms with van der Waals surface area (Å²) in [5.74, 6) is 0.885. The lowest BCUT2D eigenvalue weighted by Crippen LogP contribution is -2.15. The Kier molecular flexibility index (Phi) is 7.51. The van der Waals surface area contributed by atoms with Gasteiger partial charge in [-0.25, -0.2) is 0 Å². The molecule has 1 amide bonds. The first-order valence-corrected chi connectivity index (χ1v) is 12.2. The fourth-order valence-electron chi connectivity index (χ4n) is 3.00. The number of amides is 1. The Labute approximate surface area is 199 Å². The van der Waals surface area contributed by atoms with E-state index in [1.807, 2.05) is 54.0 Å². The third kappa shape index (κ3) is 5.93. The molecule has 0 spiro atoms. The largest absolute Gasteiger partial charge is 0.301 e. The maximum Gasteiger partial charge on any atom is 0.236 e. The molecule has 0 aliphatic carbocycles. The van der Waals surface area contributed by atoms with E-state index in [1.54, 1.807) is 0 Å². The number of carbonyl (C=O) groups excluding carboxylic acids is 1. The lowest BCUT2D eigenvalue weighted by molar-refractivity contribution is -0.113. The number of aryl methyl sites for hydroxylation is 1. The van der Waals surface area contributed by atoms with Gasteiger partial charge < -0.3 is 4.57 Å². The lowest BCUT2D eigenvalue weighted by atomic mass is 10.1. The van der Waals surface area contributed by atoms with Gasteiger partial charge in [0.05, 0.1) is 12.3 Å². The summed E-state index contributed by atoms with van der Waals surface area (Å²) in [6.45, 7) is 2.59. The van der Waals surface area contributed by atoms with Crippen LogP contribution in [0.15, 0.2) is 59.8 Å². The molecule has 1 N–H and O–H groups in total. The Morgan fingerprint density at radius 1 is 1.03 bits per heavy atom. The van der Waals surface area contributed by atoms with E-state index < -0.39 is 0 Å².